The molecule has 1 saturated heterocycles. The first kappa shape index (κ1) is 23.3. The molecule has 28 heavy (non-hydrogen) atoms. The van der Waals surface area contributed by atoms with Gasteiger partial charge in [0.15, 0.2) is 6.04 Å². The summed E-state index contributed by atoms with van der Waals surface area (Å²) in [7, 11) is 0. The molecule has 0 spiro atoms. The van der Waals surface area contributed by atoms with Gasteiger partial charge in [0.05, 0.1) is 18.6 Å². The molecule has 158 valence electrons. The van der Waals surface area contributed by atoms with Crippen LogP contribution in [0.4, 0.5) is 0 Å². The van der Waals surface area contributed by atoms with Gasteiger partial charge >= 0.3 is 11.9 Å². The van der Waals surface area contributed by atoms with Gasteiger partial charge in [0.1, 0.15) is 12.1 Å². The summed E-state index contributed by atoms with van der Waals surface area (Å²) in [5.41, 5.74) is 0. The van der Waals surface area contributed by atoms with E-state index in [0.29, 0.717) is 13.0 Å². The van der Waals surface area contributed by atoms with Gasteiger partial charge in [-0.1, -0.05) is 0 Å². The lowest BCUT2D eigenvalue weighted by Gasteiger charge is -2.23. The largest absolute Gasteiger partial charge is 0.481 e. The maximum Gasteiger partial charge on any atom is 0.328 e. The molecule has 5 atom stereocenters. The molecule has 5 unspecified atom stereocenters. The Morgan fingerprint density at radius 2 is 1.68 bits per heavy atom. The van der Waals surface area contributed by atoms with E-state index in [2.05, 4.69) is 16.0 Å². The van der Waals surface area contributed by atoms with E-state index in [9.17, 15) is 29.1 Å². The SMILES string of the molecule is CC(NC(=O)C1CCCN1)C(=O)NC(CC(=O)O)C(=O)NC(C(=O)O)C(C)O. The van der Waals surface area contributed by atoms with Crippen molar-refractivity contribution < 1.29 is 39.3 Å². The van der Waals surface area contributed by atoms with Gasteiger partial charge in [0, 0.05) is 0 Å². The maximum atomic E-state index is 12.3. The van der Waals surface area contributed by atoms with E-state index in [4.69, 9.17) is 10.2 Å². The zero-order chi connectivity index (χ0) is 21.4. The van der Waals surface area contributed by atoms with Crippen molar-refractivity contribution in [1.29, 1.82) is 0 Å². The molecule has 1 aliphatic rings. The summed E-state index contributed by atoms with van der Waals surface area (Å²) in [5, 5.41) is 37.0. The number of carboxylic acids is 2. The molecule has 0 bridgehead atoms. The van der Waals surface area contributed by atoms with Crippen LogP contribution in [0.25, 0.3) is 0 Å². The van der Waals surface area contributed by atoms with E-state index in [1.807, 2.05) is 5.32 Å². The Morgan fingerprint density at radius 1 is 1.04 bits per heavy atom. The summed E-state index contributed by atoms with van der Waals surface area (Å²) in [6, 6.07) is -4.73. The first-order valence-electron chi connectivity index (χ1n) is 8.80. The number of amides is 3. The van der Waals surface area contributed by atoms with Crippen molar-refractivity contribution in [2.24, 2.45) is 0 Å². The van der Waals surface area contributed by atoms with Crippen LogP contribution in [0.15, 0.2) is 0 Å². The summed E-state index contributed by atoms with van der Waals surface area (Å²) >= 11 is 0. The van der Waals surface area contributed by atoms with Crippen LogP contribution in [0.1, 0.15) is 33.1 Å². The van der Waals surface area contributed by atoms with Gasteiger partial charge in [0.2, 0.25) is 17.7 Å². The van der Waals surface area contributed by atoms with Crippen LogP contribution < -0.4 is 21.3 Å². The molecule has 1 rings (SSSR count). The van der Waals surface area contributed by atoms with Gasteiger partial charge in [-0.15, -0.1) is 0 Å². The lowest BCUT2D eigenvalue weighted by molar-refractivity contribution is -0.146. The standard InChI is InChI=1S/C16H26N4O8/c1-7(18-14(25)9-4-3-5-17-9)13(24)19-10(6-11(22)23)15(26)20-12(8(2)21)16(27)28/h7-10,12,17,21H,3-6H2,1-2H3,(H,18,25)(H,19,24)(H,20,26)(H,22,23)(H,27,28). The van der Waals surface area contributed by atoms with E-state index in [0.717, 1.165) is 13.3 Å². The number of carbonyl (C=O) groups excluding carboxylic acids is 3. The fourth-order valence-corrected chi connectivity index (χ4v) is 2.61. The molecule has 1 heterocycles. The highest BCUT2D eigenvalue weighted by molar-refractivity contribution is 5.95. The number of aliphatic hydroxyl groups is 1. The number of rotatable bonds is 10. The summed E-state index contributed by atoms with van der Waals surface area (Å²) in [6.07, 6.45) is -0.804. The van der Waals surface area contributed by atoms with Crippen molar-refractivity contribution in [2.45, 2.75) is 63.4 Å². The normalized spacial score (nSPS) is 20.3. The summed E-state index contributed by atoms with van der Waals surface area (Å²) in [6.45, 7) is 3.19. The molecule has 1 aliphatic heterocycles. The molecule has 0 aromatic heterocycles. The molecule has 1 fully saturated rings. The quantitative estimate of drug-likeness (QED) is 0.201. The lowest BCUT2D eigenvalue weighted by Crippen LogP contribution is -2.58. The minimum atomic E-state index is -1.67. The van der Waals surface area contributed by atoms with E-state index in [1.54, 1.807) is 0 Å². The summed E-state index contributed by atoms with van der Waals surface area (Å²) in [5.74, 6) is -5.21. The van der Waals surface area contributed by atoms with Gasteiger partial charge in [0.25, 0.3) is 0 Å². The second kappa shape index (κ2) is 10.6. The molecule has 0 aromatic carbocycles. The molecule has 0 aliphatic carbocycles. The van der Waals surface area contributed by atoms with Crippen molar-refractivity contribution in [3.05, 3.63) is 0 Å². The summed E-state index contributed by atoms with van der Waals surface area (Å²) in [4.78, 5) is 58.6. The molecule has 0 saturated carbocycles. The second-order valence-electron chi connectivity index (χ2n) is 6.60. The lowest BCUT2D eigenvalue weighted by atomic mass is 10.1. The zero-order valence-electron chi connectivity index (χ0n) is 15.6. The zero-order valence-corrected chi connectivity index (χ0v) is 15.6. The van der Waals surface area contributed by atoms with E-state index in [1.165, 1.54) is 6.92 Å². The fourth-order valence-electron chi connectivity index (χ4n) is 2.61. The van der Waals surface area contributed by atoms with Crippen LogP contribution >= 0.6 is 0 Å². The smallest absolute Gasteiger partial charge is 0.328 e. The third kappa shape index (κ3) is 7.12. The third-order valence-electron chi connectivity index (χ3n) is 4.19. The fraction of sp³-hybridized carbons (Fsp3) is 0.688. The molecule has 7 N–H and O–H groups in total. The number of hydrogen-bond acceptors (Lipinski definition) is 7. The molecule has 12 heteroatoms. The van der Waals surface area contributed by atoms with Crippen molar-refractivity contribution in [1.82, 2.24) is 21.3 Å². The first-order chi connectivity index (χ1) is 13.0. The third-order valence-corrected chi connectivity index (χ3v) is 4.19. The number of carbonyl (C=O) groups is 5. The molecule has 12 nitrogen and oxygen atoms in total. The Labute approximate surface area is 161 Å². The predicted octanol–water partition coefficient (Wildman–Crippen LogP) is -2.85. The average molecular weight is 402 g/mol. The Bertz CT molecular complexity index is 618. The Morgan fingerprint density at radius 3 is 2.14 bits per heavy atom. The molecule has 3 amide bonds. The van der Waals surface area contributed by atoms with E-state index < -0.39 is 60.4 Å². The molecular weight excluding hydrogens is 376 g/mol. The van der Waals surface area contributed by atoms with Gasteiger partial charge in [-0.3, -0.25) is 19.2 Å². The predicted molar refractivity (Wildman–Crippen MR) is 94.1 cm³/mol. The highest BCUT2D eigenvalue weighted by Crippen LogP contribution is 2.05. The number of carboxylic acid groups (broad SMARTS) is 2. The van der Waals surface area contributed by atoms with Crippen LogP contribution in [0, 0.1) is 0 Å². The van der Waals surface area contributed by atoms with Crippen LogP contribution in [0.5, 0.6) is 0 Å². The molecular formula is C16H26N4O8. The monoisotopic (exact) mass is 402 g/mol. The number of nitrogens with one attached hydrogen (secondary N) is 4. The highest BCUT2D eigenvalue weighted by Gasteiger charge is 2.32. The van der Waals surface area contributed by atoms with Crippen molar-refractivity contribution in [3.8, 4) is 0 Å². The van der Waals surface area contributed by atoms with Crippen LogP contribution in [-0.4, -0.2) is 81.8 Å². The Hall–Kier alpha value is -2.73. The molecule has 0 aromatic rings. The van der Waals surface area contributed by atoms with Gasteiger partial charge in [-0.2, -0.15) is 0 Å². The van der Waals surface area contributed by atoms with Crippen molar-refractivity contribution in [3.63, 3.8) is 0 Å². The number of aliphatic carboxylic acids is 2. The van der Waals surface area contributed by atoms with Crippen LogP contribution in [0.3, 0.4) is 0 Å². The second-order valence-corrected chi connectivity index (χ2v) is 6.60. The highest BCUT2D eigenvalue weighted by atomic mass is 16.4. The molecule has 0 radical (unpaired) electrons. The number of aliphatic hydroxyl groups excluding tert-OH is 1. The maximum absolute atomic E-state index is 12.3. The minimum Gasteiger partial charge on any atom is -0.481 e. The number of hydrogen-bond donors (Lipinski definition) is 7. The van der Waals surface area contributed by atoms with Crippen molar-refractivity contribution in [2.75, 3.05) is 6.54 Å². The minimum absolute atomic E-state index is 0.389. The van der Waals surface area contributed by atoms with E-state index >= 15 is 0 Å². The average Bonchev–Trinajstić information content (AvgIpc) is 3.12. The Balaban J connectivity index is 2.73. The van der Waals surface area contributed by atoms with Crippen LogP contribution in [-0.2, 0) is 24.0 Å². The first-order valence-corrected chi connectivity index (χ1v) is 8.80. The van der Waals surface area contributed by atoms with Crippen LogP contribution in [0.2, 0.25) is 0 Å². The Kier molecular flexibility index (Phi) is 8.79. The van der Waals surface area contributed by atoms with E-state index in [-0.39, 0.29) is 5.91 Å². The summed E-state index contributed by atoms with van der Waals surface area (Å²) < 4.78 is 0. The van der Waals surface area contributed by atoms with Gasteiger partial charge in [-0.05, 0) is 33.2 Å². The van der Waals surface area contributed by atoms with Crippen molar-refractivity contribution >= 4 is 29.7 Å². The van der Waals surface area contributed by atoms with Gasteiger partial charge in [-0.25, -0.2) is 4.79 Å². The van der Waals surface area contributed by atoms with Gasteiger partial charge < -0.3 is 36.6 Å². The topological polar surface area (TPSA) is 194 Å².